The number of likely N-dealkylation sites (tertiary alicyclic amines) is 2. The molecular weight excluding hydrogens is 704 g/mol. The molecule has 49 heavy (non-hydrogen) atoms. The number of carbonyl (C=O) groups excluding carboxylic acids is 1. The van der Waals surface area contributed by atoms with Gasteiger partial charge in [0, 0.05) is 42.0 Å². The summed E-state index contributed by atoms with van der Waals surface area (Å²) in [5.41, 5.74) is 1.37. The largest absolute Gasteiger partial charge is 0.618 e. The maximum atomic E-state index is 13.3. The monoisotopic (exact) mass is 748 g/mol. The van der Waals surface area contributed by atoms with Crippen molar-refractivity contribution in [1.29, 1.82) is 0 Å². The summed E-state index contributed by atoms with van der Waals surface area (Å²) in [6.45, 7) is 11.9. The molecule has 1 aromatic heterocycles. The number of pyridine rings is 1. The SMILES string of the molecule is CCO/N=C(/c1ccc(Br)cc1)C1CCN(C2(C)CCN(C(=O)c3c(C)cc[n+]([O-])c3C)CC2)CC1.O=C(O)CC(O)(CC(=O)O)C(=O)O. The van der Waals surface area contributed by atoms with Crippen LogP contribution in [0, 0.1) is 25.0 Å². The van der Waals surface area contributed by atoms with Crippen molar-refractivity contribution < 1.29 is 49.2 Å². The molecule has 0 saturated carbocycles. The quantitative estimate of drug-likeness (QED) is 0.113. The Balaban J connectivity index is 0.000000425. The predicted octanol–water partition coefficient (Wildman–Crippen LogP) is 3.60. The number of benzene rings is 1. The molecule has 3 heterocycles. The number of halogens is 1. The zero-order valence-corrected chi connectivity index (χ0v) is 29.8. The van der Waals surface area contributed by atoms with Crippen LogP contribution in [0.4, 0.5) is 0 Å². The fourth-order valence-corrected chi connectivity index (χ4v) is 6.55. The molecular formula is C34H45BrN4O10. The first-order valence-electron chi connectivity index (χ1n) is 16.1. The maximum absolute atomic E-state index is 13.3. The zero-order chi connectivity index (χ0) is 36.5. The fourth-order valence-electron chi connectivity index (χ4n) is 6.28. The smallest absolute Gasteiger partial charge is 0.336 e. The Morgan fingerprint density at radius 2 is 1.55 bits per heavy atom. The number of hydrogen-bond donors (Lipinski definition) is 4. The van der Waals surface area contributed by atoms with Crippen molar-refractivity contribution in [2.75, 3.05) is 32.8 Å². The molecule has 4 N–H and O–H groups in total. The van der Waals surface area contributed by atoms with Crippen LogP contribution in [0.25, 0.3) is 0 Å². The van der Waals surface area contributed by atoms with Gasteiger partial charge in [0.15, 0.2) is 11.8 Å². The van der Waals surface area contributed by atoms with Crippen LogP contribution in [0.3, 0.4) is 0 Å². The molecule has 1 aromatic carbocycles. The molecule has 0 atom stereocenters. The fraction of sp³-hybridized carbons (Fsp3) is 0.529. The van der Waals surface area contributed by atoms with Gasteiger partial charge in [0.2, 0.25) is 5.69 Å². The van der Waals surface area contributed by atoms with Gasteiger partial charge in [-0.15, -0.1) is 0 Å². The van der Waals surface area contributed by atoms with Crippen molar-refractivity contribution in [3.63, 3.8) is 0 Å². The predicted molar refractivity (Wildman–Crippen MR) is 182 cm³/mol. The number of aromatic nitrogens is 1. The number of amides is 1. The van der Waals surface area contributed by atoms with Gasteiger partial charge in [0.05, 0.1) is 18.6 Å². The number of nitrogens with zero attached hydrogens (tertiary/aromatic N) is 4. The average Bonchev–Trinajstić information content (AvgIpc) is 3.04. The van der Waals surface area contributed by atoms with Gasteiger partial charge in [-0.25, -0.2) is 4.79 Å². The Morgan fingerprint density at radius 3 is 2.04 bits per heavy atom. The molecule has 0 radical (unpaired) electrons. The van der Waals surface area contributed by atoms with Crippen molar-refractivity contribution >= 4 is 45.5 Å². The highest BCUT2D eigenvalue weighted by atomic mass is 79.9. The number of aryl methyl sites for hydroxylation is 1. The Labute approximate surface area is 293 Å². The zero-order valence-electron chi connectivity index (χ0n) is 28.2. The lowest BCUT2D eigenvalue weighted by Crippen LogP contribution is -2.57. The Kier molecular flexibility index (Phi) is 13.7. The van der Waals surface area contributed by atoms with Crippen molar-refractivity contribution in [2.45, 2.75) is 77.4 Å². The molecule has 2 fully saturated rings. The Morgan fingerprint density at radius 1 is 1.00 bits per heavy atom. The first kappa shape index (κ1) is 39.4. The normalized spacial score (nSPS) is 17.1. The summed E-state index contributed by atoms with van der Waals surface area (Å²) in [5, 5.41) is 50.4. The lowest BCUT2D eigenvalue weighted by atomic mass is 9.82. The molecule has 14 nitrogen and oxygen atoms in total. The minimum atomic E-state index is -2.74. The van der Waals surface area contributed by atoms with E-state index in [2.05, 4.69) is 57.2 Å². The lowest BCUT2D eigenvalue weighted by Gasteiger charge is -2.49. The highest BCUT2D eigenvalue weighted by Crippen LogP contribution is 2.34. The van der Waals surface area contributed by atoms with E-state index in [1.807, 2.05) is 18.7 Å². The summed E-state index contributed by atoms with van der Waals surface area (Å²) < 4.78 is 1.84. The molecule has 2 aliphatic rings. The van der Waals surface area contributed by atoms with Gasteiger partial charge in [0.25, 0.3) is 5.91 Å². The van der Waals surface area contributed by atoms with Crippen LogP contribution in [0.1, 0.15) is 79.6 Å². The maximum Gasteiger partial charge on any atom is 0.336 e. The second-order valence-corrected chi connectivity index (χ2v) is 13.6. The van der Waals surface area contributed by atoms with E-state index in [-0.39, 0.29) is 11.4 Å². The summed E-state index contributed by atoms with van der Waals surface area (Å²) in [7, 11) is 0. The summed E-state index contributed by atoms with van der Waals surface area (Å²) in [6, 6.07) is 10.0. The van der Waals surface area contributed by atoms with Gasteiger partial charge in [-0.3, -0.25) is 19.3 Å². The van der Waals surface area contributed by atoms with Crippen LogP contribution in [0.15, 0.2) is 46.2 Å². The van der Waals surface area contributed by atoms with Crippen LogP contribution < -0.4 is 4.73 Å². The van der Waals surface area contributed by atoms with E-state index >= 15 is 0 Å². The van der Waals surface area contributed by atoms with E-state index in [0.29, 0.717) is 36.9 Å². The summed E-state index contributed by atoms with van der Waals surface area (Å²) in [6.07, 6.45) is 3.11. The van der Waals surface area contributed by atoms with Crippen LogP contribution in [0.5, 0.6) is 0 Å². The third kappa shape index (κ3) is 10.2. The third-order valence-electron chi connectivity index (χ3n) is 9.25. The van der Waals surface area contributed by atoms with Crippen LogP contribution >= 0.6 is 15.9 Å². The van der Waals surface area contributed by atoms with E-state index in [4.69, 9.17) is 25.3 Å². The number of carboxylic acid groups (broad SMARTS) is 3. The van der Waals surface area contributed by atoms with Crippen LogP contribution in [-0.2, 0) is 19.2 Å². The minimum Gasteiger partial charge on any atom is -0.618 e. The van der Waals surface area contributed by atoms with E-state index in [0.717, 1.165) is 64.8 Å². The first-order chi connectivity index (χ1) is 23.0. The number of piperidine rings is 2. The van der Waals surface area contributed by atoms with Gasteiger partial charge >= 0.3 is 17.9 Å². The number of oxime groups is 1. The number of carbonyl (C=O) groups is 4. The number of aliphatic hydroxyl groups is 1. The number of carboxylic acids is 3. The second-order valence-electron chi connectivity index (χ2n) is 12.7. The molecule has 268 valence electrons. The Hall–Kier alpha value is -4.08. The molecule has 2 aliphatic heterocycles. The number of rotatable bonds is 11. The molecule has 2 aromatic rings. The number of hydrogen-bond acceptors (Lipinski definition) is 9. The molecule has 2 saturated heterocycles. The Bertz CT molecular complexity index is 1520. The van der Waals surface area contributed by atoms with Crippen molar-refractivity contribution in [2.24, 2.45) is 11.1 Å². The molecule has 0 unspecified atom stereocenters. The molecule has 1 amide bonds. The molecule has 0 aliphatic carbocycles. The van der Waals surface area contributed by atoms with E-state index in [9.17, 15) is 24.4 Å². The summed E-state index contributed by atoms with van der Waals surface area (Å²) >= 11 is 3.52. The second kappa shape index (κ2) is 17.0. The lowest BCUT2D eigenvalue weighted by molar-refractivity contribution is -0.612. The van der Waals surface area contributed by atoms with E-state index < -0.39 is 36.4 Å². The van der Waals surface area contributed by atoms with Crippen molar-refractivity contribution in [3.05, 3.63) is 68.6 Å². The van der Waals surface area contributed by atoms with Crippen LogP contribution in [-0.4, -0.2) is 104 Å². The van der Waals surface area contributed by atoms with Gasteiger partial charge in [-0.1, -0.05) is 33.2 Å². The van der Waals surface area contributed by atoms with Crippen LogP contribution in [0.2, 0.25) is 0 Å². The van der Waals surface area contributed by atoms with Gasteiger partial charge < -0.3 is 35.4 Å². The van der Waals surface area contributed by atoms with Crippen molar-refractivity contribution in [1.82, 2.24) is 9.80 Å². The standard InChI is InChI=1S/C28H37BrN4O3.C6H8O7/c1-5-36-30-26(22-6-8-24(29)9-7-22)23-11-15-32(16-12-23)28(4)13-18-31(19-14-28)27(34)25-20(2)10-17-33(35)21(25)3;7-3(8)1-6(13,5(11)12)2-4(9)10/h6-10,17,23H,5,11-16,18-19H2,1-4H3;13H,1-2H2,(H,7,8)(H,9,10)(H,11,12)/b30-26-;. The van der Waals surface area contributed by atoms with Gasteiger partial charge in [0.1, 0.15) is 12.2 Å². The highest BCUT2D eigenvalue weighted by molar-refractivity contribution is 9.10. The topological polar surface area (TPSA) is 204 Å². The summed E-state index contributed by atoms with van der Waals surface area (Å²) in [4.78, 5) is 53.8. The van der Waals surface area contributed by atoms with Gasteiger partial charge in [-0.2, -0.15) is 4.73 Å². The van der Waals surface area contributed by atoms with E-state index in [1.54, 1.807) is 13.0 Å². The highest BCUT2D eigenvalue weighted by Gasteiger charge is 2.41. The minimum absolute atomic E-state index is 0.0257. The number of aliphatic carboxylic acids is 3. The van der Waals surface area contributed by atoms with Gasteiger partial charge in [-0.05, 0) is 82.8 Å². The molecule has 4 rings (SSSR count). The molecule has 15 heteroatoms. The van der Waals surface area contributed by atoms with E-state index in [1.165, 1.54) is 6.20 Å². The molecule has 0 bridgehead atoms. The molecule has 0 spiro atoms. The van der Waals surface area contributed by atoms with Crippen molar-refractivity contribution in [3.8, 4) is 0 Å². The third-order valence-corrected chi connectivity index (χ3v) is 9.78. The average molecular weight is 750 g/mol. The first-order valence-corrected chi connectivity index (χ1v) is 16.9. The summed E-state index contributed by atoms with van der Waals surface area (Å²) in [5.74, 6) is -4.68.